The molecule has 134 valence electrons. The maximum absolute atomic E-state index is 12.8. The van der Waals surface area contributed by atoms with Gasteiger partial charge < -0.3 is 10.2 Å². The highest BCUT2D eigenvalue weighted by molar-refractivity contribution is 7.14. The molecule has 5 heteroatoms. The number of carbonyl (C=O) groups excluding carboxylic acids is 2. The fourth-order valence-corrected chi connectivity index (χ4v) is 3.81. The van der Waals surface area contributed by atoms with Crippen molar-refractivity contribution in [2.45, 2.75) is 40.5 Å². The predicted octanol–water partition coefficient (Wildman–Crippen LogP) is 4.42. The van der Waals surface area contributed by atoms with E-state index in [1.54, 1.807) is 4.90 Å². The van der Waals surface area contributed by atoms with E-state index in [4.69, 9.17) is 0 Å². The minimum absolute atomic E-state index is 0.0606. The number of para-hydroxylation sites is 1. The van der Waals surface area contributed by atoms with Crippen LogP contribution in [0.2, 0.25) is 0 Å². The van der Waals surface area contributed by atoms with Gasteiger partial charge in [-0.2, -0.15) is 0 Å². The topological polar surface area (TPSA) is 49.4 Å². The Labute approximate surface area is 153 Å². The molecule has 0 saturated carbocycles. The van der Waals surface area contributed by atoms with Crippen molar-refractivity contribution < 1.29 is 9.59 Å². The van der Waals surface area contributed by atoms with E-state index in [1.807, 2.05) is 51.1 Å². The number of hydrogen-bond acceptors (Lipinski definition) is 3. The molecule has 2 amide bonds. The first-order valence-corrected chi connectivity index (χ1v) is 9.52. The van der Waals surface area contributed by atoms with E-state index < -0.39 is 0 Å². The maximum atomic E-state index is 12.8. The number of carbonyl (C=O) groups is 2. The van der Waals surface area contributed by atoms with Crippen molar-refractivity contribution in [3.8, 4) is 0 Å². The molecule has 1 aromatic carbocycles. The van der Waals surface area contributed by atoms with Crippen LogP contribution in [0.1, 0.15) is 45.9 Å². The molecule has 4 nitrogen and oxygen atoms in total. The molecular formula is C20H26N2O2S. The van der Waals surface area contributed by atoms with Gasteiger partial charge in [0.15, 0.2) is 0 Å². The number of amides is 2. The first-order chi connectivity index (χ1) is 12.0. The minimum atomic E-state index is -0.167. The van der Waals surface area contributed by atoms with Gasteiger partial charge >= 0.3 is 0 Å². The minimum Gasteiger partial charge on any atom is -0.329 e. The number of benzene rings is 1. The molecule has 0 radical (unpaired) electrons. The summed E-state index contributed by atoms with van der Waals surface area (Å²) in [5, 5.41) is 2.90. The number of rotatable bonds is 7. The fraction of sp³-hybridized carbons (Fsp3) is 0.400. The molecule has 0 aliphatic rings. The van der Waals surface area contributed by atoms with Crippen molar-refractivity contribution >= 4 is 28.8 Å². The molecule has 0 bridgehead atoms. The molecule has 1 heterocycles. The van der Waals surface area contributed by atoms with Crippen LogP contribution in [0.4, 0.5) is 5.69 Å². The van der Waals surface area contributed by atoms with Gasteiger partial charge in [0.2, 0.25) is 5.91 Å². The van der Waals surface area contributed by atoms with Crippen LogP contribution in [0.15, 0.2) is 30.3 Å². The summed E-state index contributed by atoms with van der Waals surface area (Å²) in [6.07, 6.45) is 1.74. The summed E-state index contributed by atoms with van der Waals surface area (Å²) in [4.78, 5) is 28.8. The van der Waals surface area contributed by atoms with Crippen LogP contribution in [0, 0.1) is 13.8 Å². The van der Waals surface area contributed by atoms with E-state index in [-0.39, 0.29) is 18.4 Å². The average molecular weight is 359 g/mol. The highest BCUT2D eigenvalue weighted by Crippen LogP contribution is 2.24. The molecule has 0 atom stereocenters. The third kappa shape index (κ3) is 4.92. The van der Waals surface area contributed by atoms with Crippen molar-refractivity contribution in [1.82, 2.24) is 4.90 Å². The molecule has 2 rings (SSSR count). The Morgan fingerprint density at radius 3 is 2.44 bits per heavy atom. The van der Waals surface area contributed by atoms with Crippen LogP contribution < -0.4 is 5.32 Å². The van der Waals surface area contributed by atoms with Gasteiger partial charge in [-0.1, -0.05) is 32.0 Å². The van der Waals surface area contributed by atoms with E-state index in [1.165, 1.54) is 16.2 Å². The van der Waals surface area contributed by atoms with Crippen LogP contribution >= 0.6 is 11.3 Å². The average Bonchev–Trinajstić information content (AvgIpc) is 2.97. The summed E-state index contributed by atoms with van der Waals surface area (Å²) in [6.45, 7) is 8.72. The zero-order chi connectivity index (χ0) is 18.4. The van der Waals surface area contributed by atoms with Crippen molar-refractivity contribution in [3.63, 3.8) is 0 Å². The normalized spacial score (nSPS) is 10.6. The third-order valence-electron chi connectivity index (χ3n) is 4.09. The number of hydrogen-bond donors (Lipinski definition) is 1. The molecule has 0 unspecified atom stereocenters. The lowest BCUT2D eigenvalue weighted by molar-refractivity contribution is -0.116. The molecule has 0 fully saturated rings. The van der Waals surface area contributed by atoms with Gasteiger partial charge in [0.05, 0.1) is 4.88 Å². The largest absolute Gasteiger partial charge is 0.329 e. The zero-order valence-corrected chi connectivity index (χ0v) is 16.2. The van der Waals surface area contributed by atoms with E-state index in [9.17, 15) is 9.59 Å². The van der Waals surface area contributed by atoms with Crippen LogP contribution in [-0.2, 0) is 11.2 Å². The van der Waals surface area contributed by atoms with Gasteiger partial charge in [-0.05, 0) is 49.9 Å². The van der Waals surface area contributed by atoms with E-state index in [2.05, 4.69) is 12.2 Å². The monoisotopic (exact) mass is 358 g/mol. The summed E-state index contributed by atoms with van der Waals surface area (Å²) in [7, 11) is 0. The quantitative estimate of drug-likeness (QED) is 0.796. The second-order valence-electron chi connectivity index (χ2n) is 6.16. The SMILES string of the molecule is CCCN(CC(=O)Nc1ccccc1C)C(=O)c1cc(C)c(CC)s1. The van der Waals surface area contributed by atoms with Crippen LogP contribution in [0.5, 0.6) is 0 Å². The number of aryl methyl sites for hydroxylation is 3. The lowest BCUT2D eigenvalue weighted by atomic mass is 10.2. The standard InChI is InChI=1S/C20H26N2O2S/c1-5-11-22(20(24)18-12-15(4)17(6-2)25-18)13-19(23)21-16-10-8-7-9-14(16)3/h7-10,12H,5-6,11,13H2,1-4H3,(H,21,23). The first kappa shape index (κ1) is 19.2. The Morgan fingerprint density at radius 2 is 1.84 bits per heavy atom. The Morgan fingerprint density at radius 1 is 1.12 bits per heavy atom. The Hall–Kier alpha value is -2.14. The Balaban J connectivity index is 2.10. The van der Waals surface area contributed by atoms with Gasteiger partial charge in [-0.15, -0.1) is 11.3 Å². The molecule has 1 aromatic heterocycles. The Kier molecular flexibility index (Phi) is 6.76. The number of nitrogens with zero attached hydrogens (tertiary/aromatic N) is 1. The van der Waals surface area contributed by atoms with Crippen molar-refractivity contribution in [1.29, 1.82) is 0 Å². The second-order valence-corrected chi connectivity index (χ2v) is 7.30. The van der Waals surface area contributed by atoms with E-state index in [0.717, 1.165) is 29.7 Å². The van der Waals surface area contributed by atoms with Gasteiger partial charge in [0.25, 0.3) is 5.91 Å². The molecular weight excluding hydrogens is 332 g/mol. The molecule has 2 aromatic rings. The molecule has 1 N–H and O–H groups in total. The highest BCUT2D eigenvalue weighted by atomic mass is 32.1. The van der Waals surface area contributed by atoms with Crippen LogP contribution in [0.25, 0.3) is 0 Å². The molecule has 25 heavy (non-hydrogen) atoms. The van der Waals surface area contributed by atoms with Crippen LogP contribution in [-0.4, -0.2) is 29.8 Å². The number of anilines is 1. The van der Waals surface area contributed by atoms with E-state index in [0.29, 0.717) is 11.4 Å². The zero-order valence-electron chi connectivity index (χ0n) is 15.4. The summed E-state index contributed by atoms with van der Waals surface area (Å²) in [5.41, 5.74) is 2.94. The Bertz CT molecular complexity index is 752. The van der Waals surface area contributed by atoms with Crippen molar-refractivity contribution in [2.75, 3.05) is 18.4 Å². The molecule has 0 aliphatic carbocycles. The van der Waals surface area contributed by atoms with Crippen molar-refractivity contribution in [3.05, 3.63) is 51.2 Å². The van der Waals surface area contributed by atoms with Crippen molar-refractivity contribution in [2.24, 2.45) is 0 Å². The lowest BCUT2D eigenvalue weighted by Gasteiger charge is -2.21. The van der Waals surface area contributed by atoms with E-state index >= 15 is 0 Å². The van der Waals surface area contributed by atoms with Gasteiger partial charge in [0.1, 0.15) is 6.54 Å². The number of nitrogens with one attached hydrogen (secondary N) is 1. The summed E-state index contributed by atoms with van der Waals surface area (Å²) < 4.78 is 0. The third-order valence-corrected chi connectivity index (χ3v) is 5.46. The smallest absolute Gasteiger partial charge is 0.264 e. The van der Waals surface area contributed by atoms with Gasteiger partial charge in [-0.25, -0.2) is 0 Å². The van der Waals surface area contributed by atoms with Crippen LogP contribution in [0.3, 0.4) is 0 Å². The summed E-state index contributed by atoms with van der Waals surface area (Å²) >= 11 is 1.53. The predicted molar refractivity (Wildman–Crippen MR) is 104 cm³/mol. The molecule has 0 spiro atoms. The van der Waals surface area contributed by atoms with Gasteiger partial charge in [0, 0.05) is 17.1 Å². The maximum Gasteiger partial charge on any atom is 0.264 e. The summed E-state index contributed by atoms with van der Waals surface area (Å²) in [5.74, 6) is -0.227. The second kappa shape index (κ2) is 8.81. The first-order valence-electron chi connectivity index (χ1n) is 8.70. The summed E-state index contributed by atoms with van der Waals surface area (Å²) in [6, 6.07) is 9.58. The highest BCUT2D eigenvalue weighted by Gasteiger charge is 2.21. The molecule has 0 saturated heterocycles. The molecule has 0 aliphatic heterocycles. The van der Waals surface area contributed by atoms with Gasteiger partial charge in [-0.3, -0.25) is 9.59 Å². The lowest BCUT2D eigenvalue weighted by Crippen LogP contribution is -2.38. The fourth-order valence-electron chi connectivity index (χ4n) is 2.73. The number of thiophene rings is 1.